The minimum Gasteiger partial charge on any atom is -0.462 e. The summed E-state index contributed by atoms with van der Waals surface area (Å²) in [7, 11) is 0. The topological polar surface area (TPSA) is 51.2 Å². The van der Waals surface area contributed by atoms with Gasteiger partial charge in [-0.1, -0.05) is 29.3 Å². The fraction of sp³-hybridized carbons (Fsp3) is 0.238. The zero-order valence-electron chi connectivity index (χ0n) is 15.3. The molecule has 0 aliphatic heterocycles. The third-order valence-corrected chi connectivity index (χ3v) is 4.48. The van der Waals surface area contributed by atoms with Crippen LogP contribution in [-0.4, -0.2) is 17.6 Å². The highest BCUT2D eigenvalue weighted by Gasteiger charge is 2.18. The maximum atomic E-state index is 12.5. The van der Waals surface area contributed by atoms with Gasteiger partial charge in [0, 0.05) is 22.3 Å². The third kappa shape index (κ3) is 3.51. The Bertz CT molecular complexity index is 999. The number of pyridine rings is 1. The lowest BCUT2D eigenvalue weighted by Gasteiger charge is -2.17. The standard InChI is InChI=1S/C21H21ClN2O2/c1-5-26-21(25)17-11-23-19-14(4)9-15(22)10-16(19)20(17)24-18-7-6-12(2)8-13(18)3/h6-11H,5H2,1-4H3,(H,23,24). The van der Waals surface area contributed by atoms with Crippen LogP contribution in [0.3, 0.4) is 0 Å². The molecule has 4 nitrogen and oxygen atoms in total. The van der Waals surface area contributed by atoms with E-state index < -0.39 is 5.97 Å². The van der Waals surface area contributed by atoms with Crippen molar-refractivity contribution in [2.24, 2.45) is 0 Å². The van der Waals surface area contributed by atoms with Gasteiger partial charge >= 0.3 is 5.97 Å². The molecule has 1 N–H and O–H groups in total. The summed E-state index contributed by atoms with van der Waals surface area (Å²) in [6, 6.07) is 9.81. The van der Waals surface area contributed by atoms with E-state index in [1.54, 1.807) is 13.1 Å². The number of aromatic nitrogens is 1. The largest absolute Gasteiger partial charge is 0.462 e. The van der Waals surface area contributed by atoms with Crippen molar-refractivity contribution >= 4 is 39.8 Å². The number of carbonyl (C=O) groups is 1. The number of ether oxygens (including phenoxy) is 1. The molecule has 3 aromatic rings. The summed E-state index contributed by atoms with van der Waals surface area (Å²) in [6.07, 6.45) is 1.56. The van der Waals surface area contributed by atoms with Crippen LogP contribution in [-0.2, 0) is 4.74 Å². The average molecular weight is 369 g/mol. The molecule has 0 aliphatic rings. The molecular weight excluding hydrogens is 348 g/mol. The number of aryl methyl sites for hydroxylation is 3. The molecule has 1 aromatic heterocycles. The Hall–Kier alpha value is -2.59. The van der Waals surface area contributed by atoms with E-state index in [-0.39, 0.29) is 0 Å². The molecule has 0 saturated carbocycles. The molecule has 0 amide bonds. The van der Waals surface area contributed by atoms with Gasteiger partial charge in [0.15, 0.2) is 0 Å². The molecule has 0 fully saturated rings. The number of fused-ring (bicyclic) bond motifs is 1. The molecule has 0 bridgehead atoms. The normalized spacial score (nSPS) is 10.8. The second-order valence-corrected chi connectivity index (χ2v) is 6.77. The van der Waals surface area contributed by atoms with Crippen molar-refractivity contribution in [2.75, 3.05) is 11.9 Å². The summed E-state index contributed by atoms with van der Waals surface area (Å²) in [6.45, 7) is 8.11. The smallest absolute Gasteiger partial charge is 0.341 e. The van der Waals surface area contributed by atoms with Crippen LogP contribution < -0.4 is 5.32 Å². The van der Waals surface area contributed by atoms with Gasteiger partial charge in [0.05, 0.1) is 17.8 Å². The van der Waals surface area contributed by atoms with Crippen molar-refractivity contribution in [3.05, 3.63) is 63.8 Å². The average Bonchev–Trinajstić information content (AvgIpc) is 2.57. The van der Waals surface area contributed by atoms with E-state index in [0.717, 1.165) is 27.7 Å². The number of hydrogen-bond donors (Lipinski definition) is 1. The van der Waals surface area contributed by atoms with Crippen LogP contribution in [0.2, 0.25) is 5.02 Å². The molecule has 0 saturated heterocycles. The molecule has 2 aromatic carbocycles. The van der Waals surface area contributed by atoms with Gasteiger partial charge < -0.3 is 10.1 Å². The second kappa shape index (κ2) is 7.34. The van der Waals surface area contributed by atoms with Crippen LogP contribution >= 0.6 is 11.6 Å². The number of anilines is 2. The molecule has 1 heterocycles. The van der Waals surface area contributed by atoms with Gasteiger partial charge in [-0.3, -0.25) is 4.98 Å². The van der Waals surface area contributed by atoms with E-state index in [4.69, 9.17) is 16.3 Å². The number of rotatable bonds is 4. The quantitative estimate of drug-likeness (QED) is 0.597. The zero-order chi connectivity index (χ0) is 18.8. The highest BCUT2D eigenvalue weighted by molar-refractivity contribution is 6.31. The monoisotopic (exact) mass is 368 g/mol. The number of nitrogens with zero attached hydrogens (tertiary/aromatic N) is 1. The van der Waals surface area contributed by atoms with Crippen LogP contribution in [0.5, 0.6) is 0 Å². The summed E-state index contributed by atoms with van der Waals surface area (Å²) in [4.78, 5) is 16.9. The summed E-state index contributed by atoms with van der Waals surface area (Å²) < 4.78 is 5.21. The van der Waals surface area contributed by atoms with Crippen molar-refractivity contribution in [1.82, 2.24) is 4.98 Å². The third-order valence-electron chi connectivity index (χ3n) is 4.26. The van der Waals surface area contributed by atoms with Gasteiger partial charge in [0.1, 0.15) is 5.56 Å². The number of hydrogen-bond acceptors (Lipinski definition) is 4. The Labute approximate surface area is 158 Å². The summed E-state index contributed by atoms with van der Waals surface area (Å²) in [5, 5.41) is 4.80. The molecule has 0 unspecified atom stereocenters. The van der Waals surface area contributed by atoms with Gasteiger partial charge in [0.2, 0.25) is 0 Å². The van der Waals surface area contributed by atoms with E-state index in [1.807, 2.05) is 45.0 Å². The lowest BCUT2D eigenvalue weighted by molar-refractivity contribution is 0.0527. The second-order valence-electron chi connectivity index (χ2n) is 6.33. The molecule has 0 atom stereocenters. The van der Waals surface area contributed by atoms with E-state index in [0.29, 0.717) is 22.9 Å². The van der Waals surface area contributed by atoms with Crippen molar-refractivity contribution in [3.63, 3.8) is 0 Å². The van der Waals surface area contributed by atoms with Crippen LogP contribution in [0.4, 0.5) is 11.4 Å². The summed E-state index contributed by atoms with van der Waals surface area (Å²) >= 11 is 6.27. The maximum Gasteiger partial charge on any atom is 0.341 e. The zero-order valence-corrected chi connectivity index (χ0v) is 16.1. The number of halogens is 1. The van der Waals surface area contributed by atoms with Crippen LogP contribution in [0.1, 0.15) is 34.0 Å². The van der Waals surface area contributed by atoms with Crippen molar-refractivity contribution < 1.29 is 9.53 Å². The Kier molecular flexibility index (Phi) is 5.14. The van der Waals surface area contributed by atoms with Gasteiger partial charge in [-0.25, -0.2) is 4.79 Å². The van der Waals surface area contributed by atoms with Gasteiger partial charge in [-0.15, -0.1) is 0 Å². The van der Waals surface area contributed by atoms with Gasteiger partial charge in [0.25, 0.3) is 0 Å². The number of nitrogens with one attached hydrogen (secondary N) is 1. The van der Waals surface area contributed by atoms with E-state index in [1.165, 1.54) is 5.56 Å². The SMILES string of the molecule is CCOC(=O)c1cnc2c(C)cc(Cl)cc2c1Nc1ccc(C)cc1C. The molecule has 0 radical (unpaired) electrons. The van der Waals surface area contributed by atoms with Gasteiger partial charge in [-0.05, 0) is 57.0 Å². The van der Waals surface area contributed by atoms with Crippen LogP contribution in [0.15, 0.2) is 36.5 Å². The van der Waals surface area contributed by atoms with Crippen LogP contribution in [0, 0.1) is 20.8 Å². The molecule has 3 rings (SSSR count). The van der Waals surface area contributed by atoms with Crippen molar-refractivity contribution in [2.45, 2.75) is 27.7 Å². The van der Waals surface area contributed by atoms with Crippen molar-refractivity contribution in [1.29, 1.82) is 0 Å². The first-order chi connectivity index (χ1) is 12.4. The predicted octanol–water partition coefficient (Wildman–Crippen LogP) is 5.73. The minimum atomic E-state index is -0.410. The van der Waals surface area contributed by atoms with E-state index in [9.17, 15) is 4.79 Å². The molecular formula is C21H21ClN2O2. The molecule has 134 valence electrons. The van der Waals surface area contributed by atoms with Crippen LogP contribution in [0.25, 0.3) is 10.9 Å². The predicted molar refractivity (Wildman–Crippen MR) is 107 cm³/mol. The first kappa shape index (κ1) is 18.2. The molecule has 5 heteroatoms. The fourth-order valence-electron chi connectivity index (χ4n) is 3.02. The Morgan fingerprint density at radius 1 is 1.15 bits per heavy atom. The lowest BCUT2D eigenvalue weighted by atomic mass is 10.0. The minimum absolute atomic E-state index is 0.300. The summed E-state index contributed by atoms with van der Waals surface area (Å²) in [5.74, 6) is -0.410. The Morgan fingerprint density at radius 3 is 2.62 bits per heavy atom. The van der Waals surface area contributed by atoms with E-state index in [2.05, 4.69) is 16.4 Å². The first-order valence-corrected chi connectivity index (χ1v) is 8.88. The van der Waals surface area contributed by atoms with E-state index >= 15 is 0 Å². The highest BCUT2D eigenvalue weighted by atomic mass is 35.5. The molecule has 26 heavy (non-hydrogen) atoms. The highest BCUT2D eigenvalue weighted by Crippen LogP contribution is 2.34. The number of benzene rings is 2. The molecule has 0 spiro atoms. The number of carbonyl (C=O) groups excluding carboxylic acids is 1. The van der Waals surface area contributed by atoms with Gasteiger partial charge in [-0.2, -0.15) is 0 Å². The lowest BCUT2D eigenvalue weighted by Crippen LogP contribution is -2.10. The fourth-order valence-corrected chi connectivity index (χ4v) is 3.30. The number of esters is 1. The Morgan fingerprint density at radius 2 is 1.92 bits per heavy atom. The maximum absolute atomic E-state index is 12.5. The first-order valence-electron chi connectivity index (χ1n) is 8.51. The van der Waals surface area contributed by atoms with Crippen molar-refractivity contribution in [3.8, 4) is 0 Å². The molecule has 0 aliphatic carbocycles. The Balaban J connectivity index is 2.24. The summed E-state index contributed by atoms with van der Waals surface area (Å²) in [5.41, 5.74) is 5.99.